The lowest BCUT2D eigenvalue weighted by atomic mass is 10.2. The second-order valence-electron chi connectivity index (χ2n) is 6.67. The van der Waals surface area contributed by atoms with Crippen molar-refractivity contribution in [2.75, 3.05) is 13.2 Å². The summed E-state index contributed by atoms with van der Waals surface area (Å²) in [7, 11) is 0. The maximum Gasteiger partial charge on any atom is 0.246 e. The first-order valence-electron chi connectivity index (χ1n) is 9.10. The zero-order chi connectivity index (χ0) is 23.1. The molecule has 1 aromatic carbocycles. The summed E-state index contributed by atoms with van der Waals surface area (Å²) in [6, 6.07) is 5.14. The van der Waals surface area contributed by atoms with Crippen LogP contribution >= 0.6 is 23.4 Å². The standard InChI is InChI=1S/C20H21ClFN5O3S/c1-10(2)30-20-11(6-23)3-12(7-27-20)18(25)31-19(26)14-4-16(22)17(5-15(14)21)29-9-13(24)8-28/h3-5,7,10,13,25-26,28H,8-9,24H2,1-2H3/p+1/t13-/m1/s1. The number of halogens is 2. The van der Waals surface area contributed by atoms with Crippen molar-refractivity contribution >= 4 is 33.5 Å². The predicted molar refractivity (Wildman–Crippen MR) is 117 cm³/mol. The van der Waals surface area contributed by atoms with Gasteiger partial charge in [-0.25, -0.2) is 14.8 Å². The fourth-order valence-electron chi connectivity index (χ4n) is 2.28. The number of aromatic nitrogens is 1. The molecule has 6 N–H and O–H groups in total. The van der Waals surface area contributed by atoms with Gasteiger partial charge in [0.25, 0.3) is 0 Å². The molecule has 2 aromatic rings. The highest BCUT2D eigenvalue weighted by Gasteiger charge is 2.21. The first-order chi connectivity index (χ1) is 14.7. The maximum absolute atomic E-state index is 14.4. The van der Waals surface area contributed by atoms with Crippen LogP contribution in [0.4, 0.5) is 4.39 Å². The molecule has 0 fully saturated rings. The van der Waals surface area contributed by atoms with Gasteiger partial charge in [-0.3, -0.25) is 5.41 Å². The molecule has 8 nitrogen and oxygen atoms in total. The Morgan fingerprint density at radius 2 is 2.16 bits per heavy atom. The molecule has 164 valence electrons. The highest BCUT2D eigenvalue weighted by atomic mass is 35.5. The van der Waals surface area contributed by atoms with Gasteiger partial charge < -0.3 is 20.3 Å². The molecule has 0 spiro atoms. The SMILES string of the molecule is CC(C)Oc1ncc(C(=N)SC(=[NH2+])c2cc(F)c(OC[C@H](N)CO)cc2Cl)cc1C#N. The van der Waals surface area contributed by atoms with E-state index in [4.69, 9.17) is 42.7 Å². The van der Waals surface area contributed by atoms with E-state index in [-0.39, 0.29) is 57.2 Å². The predicted octanol–water partition coefficient (Wildman–Crippen LogP) is 1.50. The Morgan fingerprint density at radius 1 is 1.45 bits per heavy atom. The van der Waals surface area contributed by atoms with E-state index in [1.165, 1.54) is 18.3 Å². The molecule has 1 heterocycles. The van der Waals surface area contributed by atoms with Crippen molar-refractivity contribution in [3.8, 4) is 17.7 Å². The minimum Gasteiger partial charge on any atom is -0.489 e. The molecular weight excluding hydrogens is 445 g/mol. The molecule has 0 bridgehead atoms. The number of pyridine rings is 1. The van der Waals surface area contributed by atoms with Gasteiger partial charge in [-0.15, -0.1) is 0 Å². The first kappa shape index (κ1) is 24.6. The highest BCUT2D eigenvalue weighted by molar-refractivity contribution is 8.27. The maximum atomic E-state index is 14.4. The van der Waals surface area contributed by atoms with Gasteiger partial charge in [0.2, 0.25) is 10.9 Å². The largest absolute Gasteiger partial charge is 0.489 e. The van der Waals surface area contributed by atoms with Crippen molar-refractivity contribution in [2.24, 2.45) is 5.73 Å². The zero-order valence-corrected chi connectivity index (χ0v) is 18.4. The Kier molecular flexibility index (Phi) is 8.76. The summed E-state index contributed by atoms with van der Waals surface area (Å²) in [5.41, 5.74) is 6.24. The van der Waals surface area contributed by atoms with Crippen LogP contribution in [-0.4, -0.2) is 45.5 Å². The zero-order valence-electron chi connectivity index (χ0n) is 16.9. The van der Waals surface area contributed by atoms with E-state index < -0.39 is 11.9 Å². The Hall–Kier alpha value is -2.71. The number of benzene rings is 1. The van der Waals surface area contributed by atoms with Crippen LogP contribution < -0.4 is 20.6 Å². The number of nitrogens with two attached hydrogens (primary N) is 2. The molecule has 11 heteroatoms. The lowest BCUT2D eigenvalue weighted by molar-refractivity contribution is -0.107. The number of nitrogens with one attached hydrogen (secondary N) is 1. The topological polar surface area (TPSA) is 151 Å². The molecule has 0 amide bonds. The van der Waals surface area contributed by atoms with Gasteiger partial charge in [-0.1, -0.05) is 11.6 Å². The van der Waals surface area contributed by atoms with Crippen LogP contribution in [0, 0.1) is 22.6 Å². The summed E-state index contributed by atoms with van der Waals surface area (Å²) in [4.78, 5) is 4.10. The number of aliphatic hydroxyl groups excluding tert-OH is 1. The average Bonchev–Trinajstić information content (AvgIpc) is 2.73. The minimum atomic E-state index is -0.719. The second kappa shape index (κ2) is 11.1. The average molecular weight is 467 g/mol. The van der Waals surface area contributed by atoms with E-state index in [9.17, 15) is 9.65 Å². The van der Waals surface area contributed by atoms with E-state index in [1.807, 2.05) is 19.9 Å². The van der Waals surface area contributed by atoms with Crippen LogP contribution in [0.2, 0.25) is 5.02 Å². The Morgan fingerprint density at radius 3 is 2.77 bits per heavy atom. The van der Waals surface area contributed by atoms with E-state index in [0.29, 0.717) is 5.56 Å². The van der Waals surface area contributed by atoms with Crippen molar-refractivity contribution in [3.05, 3.63) is 51.9 Å². The summed E-state index contributed by atoms with van der Waals surface area (Å²) < 4.78 is 25.1. The minimum absolute atomic E-state index is 0.0108. The molecule has 1 aromatic heterocycles. The number of thioether (sulfide) groups is 1. The normalized spacial score (nSPS) is 11.7. The number of hydrogen-bond acceptors (Lipinski definition) is 8. The molecule has 0 aliphatic heterocycles. The summed E-state index contributed by atoms with van der Waals surface area (Å²) in [6.07, 6.45) is 1.23. The molecule has 0 aliphatic carbocycles. The van der Waals surface area contributed by atoms with Gasteiger partial charge in [-0.2, -0.15) is 5.26 Å². The molecule has 0 radical (unpaired) electrons. The van der Waals surface area contributed by atoms with Gasteiger partial charge in [0.05, 0.1) is 29.3 Å². The summed E-state index contributed by atoms with van der Waals surface area (Å²) in [5, 5.41) is 32.7. The van der Waals surface area contributed by atoms with Crippen molar-refractivity contribution in [1.29, 1.82) is 10.7 Å². The summed E-state index contributed by atoms with van der Waals surface area (Å²) >= 11 is 7.05. The van der Waals surface area contributed by atoms with E-state index in [2.05, 4.69) is 4.98 Å². The Balaban J connectivity index is 2.17. The fraction of sp³-hybridized carbons (Fsp3) is 0.300. The fourth-order valence-corrected chi connectivity index (χ4v) is 3.31. The van der Waals surface area contributed by atoms with Crippen molar-refractivity contribution in [2.45, 2.75) is 26.0 Å². The monoisotopic (exact) mass is 466 g/mol. The van der Waals surface area contributed by atoms with Gasteiger partial charge in [-0.05, 0) is 37.7 Å². The smallest absolute Gasteiger partial charge is 0.246 e. The molecule has 2 rings (SSSR count). The molecule has 0 unspecified atom stereocenters. The number of ether oxygens (including phenoxy) is 2. The van der Waals surface area contributed by atoms with Gasteiger partial charge in [0.1, 0.15) is 23.3 Å². The molecule has 31 heavy (non-hydrogen) atoms. The Labute approximate surface area is 188 Å². The van der Waals surface area contributed by atoms with Crippen molar-refractivity contribution in [3.63, 3.8) is 0 Å². The van der Waals surface area contributed by atoms with E-state index >= 15 is 0 Å². The second-order valence-corrected chi connectivity index (χ2v) is 8.13. The van der Waals surface area contributed by atoms with E-state index in [0.717, 1.165) is 17.8 Å². The van der Waals surface area contributed by atoms with Gasteiger partial charge in [0.15, 0.2) is 11.6 Å². The lowest BCUT2D eigenvalue weighted by Gasteiger charge is -2.13. The lowest BCUT2D eigenvalue weighted by Crippen LogP contribution is -2.39. The number of hydrogen-bond donors (Lipinski definition) is 4. The van der Waals surface area contributed by atoms with Crippen LogP contribution in [-0.2, 0) is 0 Å². The number of nitriles is 1. The van der Waals surface area contributed by atoms with Crippen LogP contribution in [0.25, 0.3) is 0 Å². The number of nitrogens with zero attached hydrogens (tertiary/aromatic N) is 2. The first-order valence-corrected chi connectivity index (χ1v) is 10.3. The Bertz CT molecular complexity index is 1030. The highest BCUT2D eigenvalue weighted by Crippen LogP contribution is 2.29. The quantitative estimate of drug-likeness (QED) is 0.340. The van der Waals surface area contributed by atoms with Crippen LogP contribution in [0.3, 0.4) is 0 Å². The molecule has 0 saturated heterocycles. The summed E-state index contributed by atoms with van der Waals surface area (Å²) in [6.45, 7) is 3.22. The third kappa shape index (κ3) is 6.63. The third-order valence-electron chi connectivity index (χ3n) is 3.77. The van der Waals surface area contributed by atoms with Gasteiger partial charge >= 0.3 is 0 Å². The summed E-state index contributed by atoms with van der Waals surface area (Å²) in [5.74, 6) is -0.671. The van der Waals surface area contributed by atoms with Gasteiger partial charge in [0, 0.05) is 17.8 Å². The molecular formula is C20H22ClFN5O3S+. The molecule has 1 atom stereocenters. The third-order valence-corrected chi connectivity index (χ3v) is 4.96. The van der Waals surface area contributed by atoms with E-state index in [1.54, 1.807) is 0 Å². The molecule has 0 saturated carbocycles. The van der Waals surface area contributed by atoms with Crippen molar-refractivity contribution in [1.82, 2.24) is 4.98 Å². The van der Waals surface area contributed by atoms with Crippen LogP contribution in [0.5, 0.6) is 11.6 Å². The van der Waals surface area contributed by atoms with Crippen LogP contribution in [0.15, 0.2) is 24.4 Å². The number of aliphatic hydroxyl groups is 1. The molecule has 0 aliphatic rings. The van der Waals surface area contributed by atoms with Crippen molar-refractivity contribution < 1.29 is 24.4 Å². The van der Waals surface area contributed by atoms with Crippen LogP contribution in [0.1, 0.15) is 30.5 Å². The number of rotatable bonds is 8.